The van der Waals surface area contributed by atoms with Crippen molar-refractivity contribution in [3.8, 4) is 0 Å². The topological polar surface area (TPSA) is 61.4 Å². The molecule has 1 heterocycles. The van der Waals surface area contributed by atoms with E-state index < -0.39 is 11.8 Å². The summed E-state index contributed by atoms with van der Waals surface area (Å²) < 4.78 is 0. The van der Waals surface area contributed by atoms with Crippen LogP contribution in [0.25, 0.3) is 0 Å². The molecule has 18 heavy (non-hydrogen) atoms. The SMILES string of the molecule is CCC(CSC)NC(=O)C(=O)N1CCCNCC1. The molecule has 2 amide bonds. The fraction of sp³-hybridized carbons (Fsp3) is 0.833. The van der Waals surface area contributed by atoms with E-state index in [4.69, 9.17) is 0 Å². The molecule has 1 aliphatic rings. The first kappa shape index (κ1) is 15.3. The summed E-state index contributed by atoms with van der Waals surface area (Å²) in [5, 5.41) is 6.03. The van der Waals surface area contributed by atoms with E-state index >= 15 is 0 Å². The van der Waals surface area contributed by atoms with Crippen LogP contribution in [0.5, 0.6) is 0 Å². The minimum atomic E-state index is -0.460. The summed E-state index contributed by atoms with van der Waals surface area (Å²) in [6.07, 6.45) is 3.75. The highest BCUT2D eigenvalue weighted by Crippen LogP contribution is 2.02. The summed E-state index contributed by atoms with van der Waals surface area (Å²) in [5.41, 5.74) is 0. The number of carbonyl (C=O) groups is 2. The van der Waals surface area contributed by atoms with Crippen LogP contribution in [0, 0.1) is 0 Å². The lowest BCUT2D eigenvalue weighted by atomic mass is 10.2. The van der Waals surface area contributed by atoms with Crippen molar-refractivity contribution in [1.82, 2.24) is 15.5 Å². The minimum Gasteiger partial charge on any atom is -0.344 e. The predicted octanol–water partition coefficient (Wildman–Crippen LogP) is 0.0661. The molecule has 0 radical (unpaired) electrons. The summed E-state index contributed by atoms with van der Waals surface area (Å²) in [4.78, 5) is 25.5. The highest BCUT2D eigenvalue weighted by molar-refractivity contribution is 7.98. The van der Waals surface area contributed by atoms with Gasteiger partial charge in [-0.05, 0) is 25.6 Å². The van der Waals surface area contributed by atoms with Crippen LogP contribution in [0.4, 0.5) is 0 Å². The van der Waals surface area contributed by atoms with Gasteiger partial charge in [-0.25, -0.2) is 0 Å². The Morgan fingerprint density at radius 2 is 2.17 bits per heavy atom. The second-order valence-corrected chi connectivity index (χ2v) is 5.34. The highest BCUT2D eigenvalue weighted by Gasteiger charge is 2.23. The molecular weight excluding hydrogens is 250 g/mol. The van der Waals surface area contributed by atoms with Crippen LogP contribution in [0.15, 0.2) is 0 Å². The molecule has 1 unspecified atom stereocenters. The average Bonchev–Trinajstić information content (AvgIpc) is 2.65. The maximum absolute atomic E-state index is 12.0. The summed E-state index contributed by atoms with van der Waals surface area (Å²) >= 11 is 1.68. The maximum Gasteiger partial charge on any atom is 0.311 e. The minimum absolute atomic E-state index is 0.0848. The van der Waals surface area contributed by atoms with Gasteiger partial charge >= 0.3 is 11.8 Å². The third-order valence-corrected chi connectivity index (χ3v) is 3.75. The van der Waals surface area contributed by atoms with Gasteiger partial charge in [0.05, 0.1) is 0 Å². The number of amides is 2. The van der Waals surface area contributed by atoms with Gasteiger partial charge in [0.2, 0.25) is 0 Å². The lowest BCUT2D eigenvalue weighted by Crippen LogP contribution is -2.48. The van der Waals surface area contributed by atoms with Gasteiger partial charge < -0.3 is 15.5 Å². The third-order valence-electron chi connectivity index (χ3n) is 3.02. The molecule has 0 saturated carbocycles. The van der Waals surface area contributed by atoms with Crippen molar-refractivity contribution in [2.75, 3.05) is 38.2 Å². The summed E-state index contributed by atoms with van der Waals surface area (Å²) in [6.45, 7) is 4.97. The Hall–Kier alpha value is -0.750. The molecule has 0 spiro atoms. The molecule has 0 aromatic carbocycles. The van der Waals surface area contributed by atoms with Crippen molar-refractivity contribution < 1.29 is 9.59 Å². The summed E-state index contributed by atoms with van der Waals surface area (Å²) in [6, 6.07) is 0.0848. The normalized spacial score (nSPS) is 18.0. The number of hydrogen-bond donors (Lipinski definition) is 2. The Morgan fingerprint density at radius 3 is 2.83 bits per heavy atom. The third kappa shape index (κ3) is 4.86. The van der Waals surface area contributed by atoms with Crippen molar-refractivity contribution in [2.24, 2.45) is 0 Å². The van der Waals surface area contributed by atoms with Gasteiger partial charge in [0, 0.05) is 31.4 Å². The Balaban J connectivity index is 2.46. The molecule has 0 aromatic heterocycles. The van der Waals surface area contributed by atoms with E-state index in [2.05, 4.69) is 10.6 Å². The molecule has 1 fully saturated rings. The number of thioether (sulfide) groups is 1. The van der Waals surface area contributed by atoms with E-state index in [0.717, 1.165) is 31.7 Å². The smallest absolute Gasteiger partial charge is 0.311 e. The quantitative estimate of drug-likeness (QED) is 0.712. The van der Waals surface area contributed by atoms with Crippen molar-refractivity contribution in [1.29, 1.82) is 0 Å². The lowest BCUT2D eigenvalue weighted by Gasteiger charge is -2.21. The Morgan fingerprint density at radius 1 is 1.39 bits per heavy atom. The summed E-state index contributed by atoms with van der Waals surface area (Å²) in [7, 11) is 0. The molecule has 2 N–H and O–H groups in total. The molecule has 1 atom stereocenters. The van der Waals surface area contributed by atoms with Gasteiger partial charge in [-0.3, -0.25) is 9.59 Å². The van der Waals surface area contributed by atoms with Gasteiger partial charge in [-0.15, -0.1) is 0 Å². The molecule has 0 bridgehead atoms. The van der Waals surface area contributed by atoms with Crippen molar-refractivity contribution in [3.05, 3.63) is 0 Å². The zero-order valence-corrected chi connectivity index (χ0v) is 12.0. The van der Waals surface area contributed by atoms with Crippen LogP contribution in [-0.4, -0.2) is 60.9 Å². The Bertz CT molecular complexity index is 278. The van der Waals surface area contributed by atoms with Crippen LogP contribution in [0.2, 0.25) is 0 Å². The molecule has 1 rings (SSSR count). The number of nitrogens with one attached hydrogen (secondary N) is 2. The zero-order valence-electron chi connectivity index (χ0n) is 11.2. The highest BCUT2D eigenvalue weighted by atomic mass is 32.2. The van der Waals surface area contributed by atoms with Gasteiger partial charge in [0.25, 0.3) is 0 Å². The van der Waals surface area contributed by atoms with Crippen molar-refractivity contribution >= 4 is 23.6 Å². The molecule has 5 nitrogen and oxygen atoms in total. The molecule has 104 valence electrons. The van der Waals surface area contributed by atoms with Crippen molar-refractivity contribution in [2.45, 2.75) is 25.8 Å². The fourth-order valence-electron chi connectivity index (χ4n) is 1.90. The van der Waals surface area contributed by atoms with E-state index in [1.807, 2.05) is 13.2 Å². The Kier molecular flexibility index (Phi) is 7.12. The van der Waals surface area contributed by atoms with Crippen LogP contribution >= 0.6 is 11.8 Å². The molecular formula is C12H23N3O2S. The maximum atomic E-state index is 12.0. The van der Waals surface area contributed by atoms with Gasteiger partial charge in [-0.2, -0.15) is 11.8 Å². The molecule has 0 aromatic rings. The van der Waals surface area contributed by atoms with Crippen LogP contribution in [0.3, 0.4) is 0 Å². The first-order chi connectivity index (χ1) is 8.69. The first-order valence-electron chi connectivity index (χ1n) is 6.48. The zero-order chi connectivity index (χ0) is 13.4. The predicted molar refractivity (Wildman–Crippen MR) is 74.7 cm³/mol. The average molecular weight is 273 g/mol. The molecule has 6 heteroatoms. The van der Waals surface area contributed by atoms with E-state index in [-0.39, 0.29) is 6.04 Å². The standard InChI is InChI=1S/C12H23N3O2S/c1-3-10(9-18-2)14-11(16)12(17)15-7-4-5-13-6-8-15/h10,13H,3-9H2,1-2H3,(H,14,16). The number of nitrogens with zero attached hydrogens (tertiary/aromatic N) is 1. The van der Waals surface area contributed by atoms with Crippen LogP contribution in [0.1, 0.15) is 19.8 Å². The van der Waals surface area contributed by atoms with Gasteiger partial charge in [0.15, 0.2) is 0 Å². The second kappa shape index (κ2) is 8.37. The van der Waals surface area contributed by atoms with E-state index in [1.54, 1.807) is 16.7 Å². The van der Waals surface area contributed by atoms with Crippen molar-refractivity contribution in [3.63, 3.8) is 0 Å². The number of rotatable bonds is 4. The molecule has 0 aliphatic carbocycles. The number of hydrogen-bond acceptors (Lipinski definition) is 4. The monoisotopic (exact) mass is 273 g/mol. The second-order valence-electron chi connectivity index (χ2n) is 4.43. The van der Waals surface area contributed by atoms with E-state index in [0.29, 0.717) is 13.1 Å². The van der Waals surface area contributed by atoms with Crippen LogP contribution in [-0.2, 0) is 9.59 Å². The van der Waals surface area contributed by atoms with E-state index in [1.165, 1.54) is 0 Å². The molecule has 1 aliphatic heterocycles. The van der Waals surface area contributed by atoms with E-state index in [9.17, 15) is 9.59 Å². The Labute approximate surface area is 113 Å². The largest absolute Gasteiger partial charge is 0.344 e. The van der Waals surface area contributed by atoms with Gasteiger partial charge in [-0.1, -0.05) is 6.92 Å². The number of carbonyl (C=O) groups excluding carboxylic acids is 2. The lowest BCUT2D eigenvalue weighted by molar-refractivity contribution is -0.146. The van der Waals surface area contributed by atoms with Crippen LogP contribution < -0.4 is 10.6 Å². The first-order valence-corrected chi connectivity index (χ1v) is 7.87. The summed E-state index contributed by atoms with van der Waals surface area (Å²) in [5.74, 6) is -0.00656. The fourth-order valence-corrected chi connectivity index (χ4v) is 2.62. The molecule has 1 saturated heterocycles. The van der Waals surface area contributed by atoms with Gasteiger partial charge in [0.1, 0.15) is 0 Å².